The number of hydrogen-bond donors (Lipinski definition) is 2. The van der Waals surface area contributed by atoms with Crippen LogP contribution in [-0.4, -0.2) is 40.4 Å². The lowest BCUT2D eigenvalue weighted by molar-refractivity contribution is -0.123. The lowest BCUT2D eigenvalue weighted by Crippen LogP contribution is -2.41. The van der Waals surface area contributed by atoms with Gasteiger partial charge in [-0.1, -0.05) is 42.5 Å². The first kappa shape index (κ1) is 19.8. The minimum atomic E-state index is -0.0186. The Morgan fingerprint density at radius 2 is 1.87 bits per heavy atom. The molecule has 5 heteroatoms. The number of aromatic amines is 1. The minimum Gasteiger partial charge on any atom is -0.348 e. The Balaban J connectivity index is 1.18. The summed E-state index contributed by atoms with van der Waals surface area (Å²) in [6, 6.07) is 18.7. The highest BCUT2D eigenvalue weighted by atomic mass is 16.2. The van der Waals surface area contributed by atoms with Gasteiger partial charge in [-0.25, -0.2) is 4.98 Å². The largest absolute Gasteiger partial charge is 0.348 e. The van der Waals surface area contributed by atoms with E-state index in [9.17, 15) is 4.79 Å². The molecule has 31 heavy (non-hydrogen) atoms. The van der Waals surface area contributed by atoms with Crippen LogP contribution in [0.15, 0.2) is 67.0 Å². The van der Waals surface area contributed by atoms with Crippen LogP contribution in [0.5, 0.6) is 0 Å². The summed E-state index contributed by atoms with van der Waals surface area (Å²) in [5, 5.41) is 6.83. The van der Waals surface area contributed by atoms with Crippen LogP contribution in [0.2, 0.25) is 0 Å². The van der Waals surface area contributed by atoms with E-state index in [0.717, 1.165) is 37.1 Å². The molecule has 3 heterocycles. The highest BCUT2D eigenvalue weighted by molar-refractivity contribution is 5.87. The second kappa shape index (κ2) is 8.52. The zero-order valence-corrected chi connectivity index (χ0v) is 17.8. The van der Waals surface area contributed by atoms with Gasteiger partial charge in [-0.3, -0.25) is 9.69 Å². The Hall–Kier alpha value is -3.18. The van der Waals surface area contributed by atoms with E-state index in [0.29, 0.717) is 12.5 Å². The van der Waals surface area contributed by atoms with Crippen LogP contribution in [0, 0.1) is 0 Å². The van der Waals surface area contributed by atoms with E-state index in [-0.39, 0.29) is 11.9 Å². The summed E-state index contributed by atoms with van der Waals surface area (Å²) in [5.41, 5.74) is 3.48. The molecule has 5 rings (SSSR count). The van der Waals surface area contributed by atoms with E-state index in [4.69, 9.17) is 0 Å². The van der Waals surface area contributed by atoms with Crippen LogP contribution in [0.3, 0.4) is 0 Å². The van der Waals surface area contributed by atoms with Gasteiger partial charge >= 0.3 is 0 Å². The number of carbonyl (C=O) groups is 1. The number of fused-ring (bicyclic) bond motifs is 2. The molecule has 0 saturated carbocycles. The van der Waals surface area contributed by atoms with E-state index in [1.165, 1.54) is 21.7 Å². The second-order valence-electron chi connectivity index (χ2n) is 8.55. The van der Waals surface area contributed by atoms with Crippen molar-refractivity contribution in [2.75, 3.05) is 19.6 Å². The fourth-order valence-electron chi connectivity index (χ4n) is 4.91. The number of aromatic nitrogens is 2. The van der Waals surface area contributed by atoms with E-state index in [2.05, 4.69) is 69.7 Å². The third-order valence-electron chi connectivity index (χ3n) is 6.55. The van der Waals surface area contributed by atoms with Crippen molar-refractivity contribution in [2.45, 2.75) is 31.7 Å². The van der Waals surface area contributed by atoms with Crippen LogP contribution < -0.4 is 5.32 Å². The molecule has 0 aliphatic carbocycles. The van der Waals surface area contributed by atoms with Crippen LogP contribution in [-0.2, 0) is 4.79 Å². The molecule has 0 bridgehead atoms. The van der Waals surface area contributed by atoms with Crippen LogP contribution >= 0.6 is 0 Å². The summed E-state index contributed by atoms with van der Waals surface area (Å²) < 4.78 is 0. The molecule has 158 valence electrons. The molecule has 1 amide bonds. The second-order valence-corrected chi connectivity index (χ2v) is 8.55. The number of carbonyl (C=O) groups excluding carboxylic acids is 1. The first-order valence-corrected chi connectivity index (χ1v) is 11.1. The molecule has 5 nitrogen and oxygen atoms in total. The first-order chi connectivity index (χ1) is 15.2. The zero-order valence-electron chi connectivity index (χ0n) is 17.8. The highest BCUT2D eigenvalue weighted by Gasteiger charge is 2.24. The number of nitrogens with one attached hydrogen (secondary N) is 2. The van der Waals surface area contributed by atoms with E-state index in [1.807, 2.05) is 24.4 Å². The van der Waals surface area contributed by atoms with Gasteiger partial charge in [-0.2, -0.15) is 0 Å². The van der Waals surface area contributed by atoms with E-state index in [1.54, 1.807) is 0 Å². The maximum Gasteiger partial charge on any atom is 0.234 e. The smallest absolute Gasteiger partial charge is 0.234 e. The lowest BCUT2D eigenvalue weighted by atomic mass is 9.89. The molecule has 2 aromatic heterocycles. The molecular weight excluding hydrogens is 384 g/mol. The van der Waals surface area contributed by atoms with Crippen molar-refractivity contribution < 1.29 is 4.79 Å². The topological polar surface area (TPSA) is 61.0 Å². The fraction of sp³-hybridized carbons (Fsp3) is 0.308. The van der Waals surface area contributed by atoms with Crippen molar-refractivity contribution >= 4 is 27.7 Å². The van der Waals surface area contributed by atoms with Gasteiger partial charge in [0, 0.05) is 17.8 Å². The quantitative estimate of drug-likeness (QED) is 0.496. The predicted octanol–water partition coefficient (Wildman–Crippen LogP) is 4.77. The zero-order chi connectivity index (χ0) is 21.2. The Bertz CT molecular complexity index is 1200. The Morgan fingerprint density at radius 1 is 1.10 bits per heavy atom. The first-order valence-electron chi connectivity index (χ1n) is 11.1. The molecule has 1 aliphatic heterocycles. The molecule has 4 aromatic rings. The number of rotatable bonds is 5. The minimum absolute atomic E-state index is 0.0186. The summed E-state index contributed by atoms with van der Waals surface area (Å²) in [4.78, 5) is 22.7. The predicted molar refractivity (Wildman–Crippen MR) is 125 cm³/mol. The van der Waals surface area contributed by atoms with Crippen LogP contribution in [0.4, 0.5) is 0 Å². The molecule has 1 unspecified atom stereocenters. The molecule has 1 saturated heterocycles. The van der Waals surface area contributed by atoms with Gasteiger partial charge in [0.15, 0.2) is 0 Å². The van der Waals surface area contributed by atoms with Crippen molar-refractivity contribution in [1.29, 1.82) is 0 Å². The standard InChI is InChI=1S/C26H28N4O/c1-18(21-9-4-7-19-6-2-3-8-22(19)21)29-25(31)17-30-14-11-20(12-15-30)24-16-28-26-23(24)10-5-13-27-26/h2-10,13,16,18,20H,11-12,14-15,17H2,1H3,(H,27,28)(H,29,31). The number of benzene rings is 2. The average molecular weight is 413 g/mol. The number of amides is 1. The number of hydrogen-bond acceptors (Lipinski definition) is 3. The maximum atomic E-state index is 12.8. The van der Waals surface area contributed by atoms with Crippen molar-refractivity contribution in [3.8, 4) is 0 Å². The summed E-state index contributed by atoms with van der Waals surface area (Å²) in [6.07, 6.45) is 6.06. The van der Waals surface area contributed by atoms with Crippen LogP contribution in [0.25, 0.3) is 21.8 Å². The van der Waals surface area contributed by atoms with E-state index >= 15 is 0 Å². The van der Waals surface area contributed by atoms with Gasteiger partial charge in [0.25, 0.3) is 0 Å². The number of H-pyrrole nitrogens is 1. The van der Waals surface area contributed by atoms with Gasteiger partial charge in [0.05, 0.1) is 12.6 Å². The van der Waals surface area contributed by atoms with Crippen LogP contribution in [0.1, 0.15) is 42.9 Å². The SMILES string of the molecule is CC(NC(=O)CN1CCC(c2c[nH]c3ncccc23)CC1)c1cccc2ccccc12. The fourth-order valence-corrected chi connectivity index (χ4v) is 4.91. The van der Waals surface area contributed by atoms with Gasteiger partial charge in [0.2, 0.25) is 5.91 Å². The van der Waals surface area contributed by atoms with Gasteiger partial charge < -0.3 is 10.3 Å². The highest BCUT2D eigenvalue weighted by Crippen LogP contribution is 2.32. The summed E-state index contributed by atoms with van der Waals surface area (Å²) in [6.45, 7) is 4.40. The summed E-state index contributed by atoms with van der Waals surface area (Å²) >= 11 is 0. The molecule has 1 aliphatic rings. The number of piperidine rings is 1. The monoisotopic (exact) mass is 412 g/mol. The van der Waals surface area contributed by atoms with Crippen molar-refractivity contribution in [2.24, 2.45) is 0 Å². The molecular formula is C26H28N4O. The third-order valence-corrected chi connectivity index (χ3v) is 6.55. The molecule has 1 fully saturated rings. The Kier molecular flexibility index (Phi) is 5.43. The lowest BCUT2D eigenvalue weighted by Gasteiger charge is -2.31. The normalized spacial score (nSPS) is 16.5. The third kappa shape index (κ3) is 4.06. The number of nitrogens with zero attached hydrogens (tertiary/aromatic N) is 2. The summed E-state index contributed by atoms with van der Waals surface area (Å²) in [7, 11) is 0. The van der Waals surface area contributed by atoms with Crippen molar-refractivity contribution in [3.63, 3.8) is 0 Å². The molecule has 2 N–H and O–H groups in total. The van der Waals surface area contributed by atoms with Crippen molar-refractivity contribution in [3.05, 3.63) is 78.1 Å². The molecule has 0 spiro atoms. The average Bonchev–Trinajstić information content (AvgIpc) is 3.23. The molecule has 0 radical (unpaired) electrons. The maximum absolute atomic E-state index is 12.8. The number of likely N-dealkylation sites (tertiary alicyclic amines) is 1. The molecule has 1 atom stereocenters. The van der Waals surface area contributed by atoms with Crippen molar-refractivity contribution in [1.82, 2.24) is 20.2 Å². The molecule has 2 aromatic carbocycles. The Morgan fingerprint density at radius 3 is 2.74 bits per heavy atom. The van der Waals surface area contributed by atoms with E-state index < -0.39 is 0 Å². The van der Waals surface area contributed by atoms with Gasteiger partial charge in [0.1, 0.15) is 5.65 Å². The number of pyridine rings is 1. The van der Waals surface area contributed by atoms with Gasteiger partial charge in [-0.15, -0.1) is 0 Å². The Labute approximate surface area is 182 Å². The van der Waals surface area contributed by atoms with Gasteiger partial charge in [-0.05, 0) is 72.8 Å². The summed E-state index contributed by atoms with van der Waals surface area (Å²) in [5.74, 6) is 0.613.